The Morgan fingerprint density at radius 1 is 1.10 bits per heavy atom. The summed E-state index contributed by atoms with van der Waals surface area (Å²) in [6.45, 7) is 9.77. The Bertz CT molecular complexity index is 590. The Morgan fingerprint density at radius 3 is 2.57 bits per heavy atom. The van der Waals surface area contributed by atoms with Crippen LogP contribution in [0.25, 0.3) is 0 Å². The van der Waals surface area contributed by atoms with E-state index in [-0.39, 0.29) is 6.04 Å². The first-order chi connectivity index (χ1) is 10.2. The highest BCUT2D eigenvalue weighted by molar-refractivity contribution is 5.41. The van der Waals surface area contributed by atoms with Crippen LogP contribution in [0.15, 0.2) is 36.7 Å². The summed E-state index contributed by atoms with van der Waals surface area (Å²) in [5, 5.41) is 3.71. The lowest BCUT2D eigenvalue weighted by molar-refractivity contribution is 0.591. The molecule has 0 saturated heterocycles. The first-order valence-electron chi connectivity index (χ1n) is 7.90. The number of aryl methyl sites for hydroxylation is 3. The zero-order chi connectivity index (χ0) is 15.2. The average molecular weight is 282 g/mol. The van der Waals surface area contributed by atoms with E-state index in [1.165, 1.54) is 27.8 Å². The molecule has 0 fully saturated rings. The van der Waals surface area contributed by atoms with Crippen LogP contribution in [0.2, 0.25) is 0 Å². The van der Waals surface area contributed by atoms with Gasteiger partial charge in [-0.05, 0) is 61.6 Å². The fourth-order valence-corrected chi connectivity index (χ4v) is 2.84. The first-order valence-corrected chi connectivity index (χ1v) is 7.90. The molecule has 1 aromatic carbocycles. The first kappa shape index (κ1) is 15.7. The van der Waals surface area contributed by atoms with Crippen LogP contribution in [0.5, 0.6) is 0 Å². The molecule has 0 amide bonds. The maximum absolute atomic E-state index is 4.28. The smallest absolute Gasteiger partial charge is 0.0583 e. The summed E-state index contributed by atoms with van der Waals surface area (Å²) in [6, 6.07) is 9.14. The van der Waals surface area contributed by atoms with Gasteiger partial charge in [-0.2, -0.15) is 0 Å². The predicted octanol–water partition coefficient (Wildman–Crippen LogP) is 4.35. The summed E-state index contributed by atoms with van der Waals surface area (Å²) < 4.78 is 0. The van der Waals surface area contributed by atoms with Gasteiger partial charge in [-0.25, -0.2) is 0 Å². The molecule has 21 heavy (non-hydrogen) atoms. The molecule has 2 heteroatoms. The normalized spacial score (nSPS) is 12.4. The third-order valence-corrected chi connectivity index (χ3v) is 3.97. The van der Waals surface area contributed by atoms with Gasteiger partial charge in [0.05, 0.1) is 6.04 Å². The van der Waals surface area contributed by atoms with Crippen molar-refractivity contribution in [3.05, 3.63) is 64.5 Å². The van der Waals surface area contributed by atoms with E-state index in [9.17, 15) is 0 Å². The molecular formula is C19H26N2. The molecule has 0 spiro atoms. The van der Waals surface area contributed by atoms with Crippen molar-refractivity contribution in [2.75, 3.05) is 6.54 Å². The predicted molar refractivity (Wildman–Crippen MR) is 89.7 cm³/mol. The number of pyridine rings is 1. The molecule has 1 N–H and O–H groups in total. The number of hydrogen-bond donors (Lipinski definition) is 1. The number of rotatable bonds is 6. The van der Waals surface area contributed by atoms with Gasteiger partial charge >= 0.3 is 0 Å². The molecule has 0 aliphatic rings. The summed E-state index contributed by atoms with van der Waals surface area (Å²) >= 11 is 0. The molecule has 0 aliphatic heterocycles. The van der Waals surface area contributed by atoms with E-state index < -0.39 is 0 Å². The molecule has 2 aromatic rings. The van der Waals surface area contributed by atoms with Crippen molar-refractivity contribution in [2.24, 2.45) is 0 Å². The van der Waals surface area contributed by atoms with Gasteiger partial charge in [0.2, 0.25) is 0 Å². The molecule has 0 saturated carbocycles. The van der Waals surface area contributed by atoms with E-state index in [0.717, 1.165) is 19.4 Å². The summed E-state index contributed by atoms with van der Waals surface area (Å²) in [7, 11) is 0. The number of nitrogens with one attached hydrogen (secondary N) is 1. The second-order valence-electron chi connectivity index (χ2n) is 5.68. The fourth-order valence-electron chi connectivity index (χ4n) is 2.84. The van der Waals surface area contributed by atoms with Gasteiger partial charge in [0.15, 0.2) is 0 Å². The van der Waals surface area contributed by atoms with Crippen LogP contribution in [0.3, 0.4) is 0 Å². The molecule has 1 heterocycles. The Balaban J connectivity index is 2.47. The maximum atomic E-state index is 4.28. The lowest BCUT2D eigenvalue weighted by atomic mass is 9.91. The van der Waals surface area contributed by atoms with Gasteiger partial charge in [-0.3, -0.25) is 4.98 Å². The van der Waals surface area contributed by atoms with Crippen molar-refractivity contribution in [3.8, 4) is 0 Å². The van der Waals surface area contributed by atoms with Gasteiger partial charge in [-0.1, -0.05) is 37.6 Å². The molecule has 2 nitrogen and oxygen atoms in total. The molecule has 0 aliphatic carbocycles. The van der Waals surface area contributed by atoms with Crippen LogP contribution in [-0.2, 0) is 6.42 Å². The number of aromatic nitrogens is 1. The third kappa shape index (κ3) is 3.70. The standard InChI is InChI=1S/C19H26N2/c1-5-10-21-19(17-8-7-14(3)12-15(17)4)18-9-11-20-13-16(18)6-2/h7-9,11-13,19,21H,5-6,10H2,1-4H3. The average Bonchev–Trinajstić information content (AvgIpc) is 2.49. The molecule has 0 bridgehead atoms. The minimum atomic E-state index is 0.253. The minimum Gasteiger partial charge on any atom is -0.306 e. The maximum Gasteiger partial charge on any atom is 0.0583 e. The Kier molecular flexibility index (Phi) is 5.51. The molecule has 112 valence electrons. The zero-order valence-corrected chi connectivity index (χ0v) is 13.6. The van der Waals surface area contributed by atoms with Crippen LogP contribution in [0.1, 0.15) is 54.1 Å². The summed E-state index contributed by atoms with van der Waals surface area (Å²) in [6.07, 6.45) is 6.05. The second kappa shape index (κ2) is 7.37. The molecule has 1 atom stereocenters. The largest absolute Gasteiger partial charge is 0.306 e. The number of nitrogens with zero attached hydrogens (tertiary/aromatic N) is 1. The second-order valence-corrected chi connectivity index (χ2v) is 5.68. The summed E-state index contributed by atoms with van der Waals surface area (Å²) in [5.41, 5.74) is 6.72. The van der Waals surface area contributed by atoms with Crippen molar-refractivity contribution >= 4 is 0 Å². The Hall–Kier alpha value is -1.67. The van der Waals surface area contributed by atoms with Crippen molar-refractivity contribution in [2.45, 2.75) is 46.6 Å². The molecule has 1 unspecified atom stereocenters. The van der Waals surface area contributed by atoms with Crippen LogP contribution >= 0.6 is 0 Å². The van der Waals surface area contributed by atoms with Gasteiger partial charge in [0.1, 0.15) is 0 Å². The van der Waals surface area contributed by atoms with E-state index in [4.69, 9.17) is 0 Å². The Morgan fingerprint density at radius 2 is 1.90 bits per heavy atom. The van der Waals surface area contributed by atoms with E-state index in [0.29, 0.717) is 0 Å². The topological polar surface area (TPSA) is 24.9 Å². The molecule has 1 aromatic heterocycles. The highest BCUT2D eigenvalue weighted by atomic mass is 14.9. The fraction of sp³-hybridized carbons (Fsp3) is 0.421. The van der Waals surface area contributed by atoms with Crippen molar-refractivity contribution in [1.82, 2.24) is 10.3 Å². The lowest BCUT2D eigenvalue weighted by Gasteiger charge is -2.24. The van der Waals surface area contributed by atoms with Crippen LogP contribution in [-0.4, -0.2) is 11.5 Å². The van der Waals surface area contributed by atoms with Gasteiger partial charge in [-0.15, -0.1) is 0 Å². The van der Waals surface area contributed by atoms with Gasteiger partial charge in [0, 0.05) is 12.4 Å². The van der Waals surface area contributed by atoms with Crippen molar-refractivity contribution in [1.29, 1.82) is 0 Å². The summed E-state index contributed by atoms with van der Waals surface area (Å²) in [5.74, 6) is 0. The minimum absolute atomic E-state index is 0.253. The number of hydrogen-bond acceptors (Lipinski definition) is 2. The van der Waals surface area contributed by atoms with Gasteiger partial charge < -0.3 is 5.32 Å². The highest BCUT2D eigenvalue weighted by Gasteiger charge is 2.18. The monoisotopic (exact) mass is 282 g/mol. The van der Waals surface area contributed by atoms with Gasteiger partial charge in [0.25, 0.3) is 0 Å². The van der Waals surface area contributed by atoms with Crippen LogP contribution in [0.4, 0.5) is 0 Å². The summed E-state index contributed by atoms with van der Waals surface area (Å²) in [4.78, 5) is 4.28. The molecular weight excluding hydrogens is 256 g/mol. The quantitative estimate of drug-likeness (QED) is 0.852. The molecule has 2 rings (SSSR count). The van der Waals surface area contributed by atoms with E-state index >= 15 is 0 Å². The van der Waals surface area contributed by atoms with E-state index in [1.807, 2.05) is 12.4 Å². The molecule has 0 radical (unpaired) electrons. The highest BCUT2D eigenvalue weighted by Crippen LogP contribution is 2.28. The van der Waals surface area contributed by atoms with Crippen molar-refractivity contribution in [3.63, 3.8) is 0 Å². The van der Waals surface area contributed by atoms with E-state index in [1.54, 1.807) is 0 Å². The third-order valence-electron chi connectivity index (χ3n) is 3.97. The number of benzene rings is 1. The van der Waals surface area contributed by atoms with Crippen molar-refractivity contribution < 1.29 is 0 Å². The SMILES string of the molecule is CCCNC(c1ccc(C)cc1C)c1ccncc1CC. The lowest BCUT2D eigenvalue weighted by Crippen LogP contribution is -2.25. The Labute approximate surface area is 128 Å². The zero-order valence-electron chi connectivity index (χ0n) is 13.6. The van der Waals surface area contributed by atoms with Crippen LogP contribution in [0, 0.1) is 13.8 Å². The van der Waals surface area contributed by atoms with E-state index in [2.05, 4.69) is 62.3 Å². The van der Waals surface area contributed by atoms with Crippen LogP contribution < -0.4 is 5.32 Å².